The van der Waals surface area contributed by atoms with Crippen LogP contribution in [0, 0.1) is 6.92 Å². The lowest BCUT2D eigenvalue weighted by Crippen LogP contribution is -2.25. The summed E-state index contributed by atoms with van der Waals surface area (Å²) in [6.45, 7) is 4.10. The molecule has 3 aromatic heterocycles. The summed E-state index contributed by atoms with van der Waals surface area (Å²) >= 11 is 2.87. The van der Waals surface area contributed by atoms with E-state index in [0.29, 0.717) is 22.1 Å². The van der Waals surface area contributed by atoms with Crippen molar-refractivity contribution in [2.45, 2.75) is 26.4 Å². The molecule has 35 heavy (non-hydrogen) atoms. The number of aromatic nitrogens is 3. The quantitative estimate of drug-likeness (QED) is 0.409. The molecule has 1 aromatic carbocycles. The highest BCUT2D eigenvalue weighted by atomic mass is 32.1. The number of nitrogens with zero attached hydrogens (tertiary/aromatic N) is 4. The van der Waals surface area contributed by atoms with E-state index in [-0.39, 0.29) is 11.8 Å². The molecule has 4 heterocycles. The van der Waals surface area contributed by atoms with E-state index in [9.17, 15) is 9.59 Å². The predicted octanol–water partition coefficient (Wildman–Crippen LogP) is 4.14. The zero-order valence-corrected chi connectivity index (χ0v) is 21.0. The molecular formula is C25H24N6O2S2. The Bertz CT molecular complexity index is 1400. The van der Waals surface area contributed by atoms with Crippen molar-refractivity contribution in [3.63, 3.8) is 0 Å². The fourth-order valence-electron chi connectivity index (χ4n) is 3.84. The van der Waals surface area contributed by atoms with Crippen LogP contribution >= 0.6 is 22.7 Å². The maximum Gasteiger partial charge on any atom is 0.263 e. The van der Waals surface area contributed by atoms with Crippen LogP contribution in [-0.2, 0) is 19.5 Å². The Hall–Kier alpha value is -3.47. The maximum atomic E-state index is 12.8. The average Bonchev–Trinajstić information content (AvgIpc) is 3.50. The molecule has 8 nitrogen and oxygen atoms in total. The topological polar surface area (TPSA) is 100 Å². The number of thiazole rings is 2. The first-order valence-electron chi connectivity index (χ1n) is 11.2. The number of aryl methyl sites for hydroxylation is 1. The number of pyridine rings is 1. The van der Waals surface area contributed by atoms with Crippen LogP contribution in [-0.4, -0.2) is 45.3 Å². The van der Waals surface area contributed by atoms with Gasteiger partial charge in [0.15, 0.2) is 5.13 Å². The van der Waals surface area contributed by atoms with E-state index in [1.54, 1.807) is 42.1 Å². The molecule has 10 heteroatoms. The van der Waals surface area contributed by atoms with E-state index in [4.69, 9.17) is 0 Å². The van der Waals surface area contributed by atoms with Crippen molar-refractivity contribution in [2.24, 2.45) is 0 Å². The van der Waals surface area contributed by atoms with Gasteiger partial charge in [-0.3, -0.25) is 19.9 Å². The Labute approximate surface area is 211 Å². The highest BCUT2D eigenvalue weighted by molar-refractivity contribution is 7.17. The third-order valence-electron chi connectivity index (χ3n) is 5.78. The molecule has 1 aliphatic rings. The lowest BCUT2D eigenvalue weighted by atomic mass is 10.1. The van der Waals surface area contributed by atoms with Crippen LogP contribution in [0.2, 0.25) is 0 Å². The first kappa shape index (κ1) is 23.3. The summed E-state index contributed by atoms with van der Waals surface area (Å²) in [6.07, 6.45) is 6.03. The molecule has 0 saturated carbocycles. The normalized spacial score (nSPS) is 13.3. The summed E-state index contributed by atoms with van der Waals surface area (Å²) in [5, 5.41) is 7.22. The van der Waals surface area contributed by atoms with E-state index in [2.05, 4.69) is 37.5 Å². The van der Waals surface area contributed by atoms with Crippen LogP contribution in [0.15, 0.2) is 48.9 Å². The molecule has 0 unspecified atom stereocenters. The van der Waals surface area contributed by atoms with Crippen molar-refractivity contribution in [3.05, 3.63) is 81.1 Å². The third kappa shape index (κ3) is 5.29. The van der Waals surface area contributed by atoms with Gasteiger partial charge in [0, 0.05) is 48.0 Å². The molecule has 2 N–H and O–H groups in total. The lowest BCUT2D eigenvalue weighted by Gasteiger charge is -2.20. The minimum atomic E-state index is -0.212. The first-order chi connectivity index (χ1) is 17.0. The molecule has 1 aliphatic heterocycles. The number of anilines is 1. The minimum Gasteiger partial charge on any atom is -0.347 e. The van der Waals surface area contributed by atoms with Gasteiger partial charge in [-0.15, -0.1) is 22.7 Å². The van der Waals surface area contributed by atoms with Crippen molar-refractivity contribution in [1.29, 1.82) is 0 Å². The van der Waals surface area contributed by atoms with Gasteiger partial charge in [0.1, 0.15) is 9.88 Å². The third-order valence-corrected chi connectivity index (χ3v) is 7.88. The lowest BCUT2D eigenvalue weighted by molar-refractivity contribution is 0.0954. The summed E-state index contributed by atoms with van der Waals surface area (Å²) in [5.74, 6) is -0.417. The molecule has 2 amide bonds. The summed E-state index contributed by atoms with van der Waals surface area (Å²) < 4.78 is 0. The van der Waals surface area contributed by atoms with Gasteiger partial charge in [-0.25, -0.2) is 9.97 Å². The molecule has 4 aromatic rings. The number of carbonyl (C=O) groups is 2. The van der Waals surface area contributed by atoms with Crippen molar-refractivity contribution < 1.29 is 9.59 Å². The molecule has 0 atom stereocenters. The standard InChI is InChI=1S/C25H24N6O2S2/c1-15-6-8-26-12-18(15)24-28-13-21(34-24)23(33)27-11-16-4-3-5-17(10-16)22(32)30-25-29-19-14-31(2)9-7-20(19)35-25/h3-6,8,10,12-13H,7,9,11,14H2,1-2H3,(H,27,33)(H,29,30,32). The molecule has 0 fully saturated rings. The largest absolute Gasteiger partial charge is 0.347 e. The number of fused-ring (bicyclic) bond motifs is 1. The van der Waals surface area contributed by atoms with E-state index in [1.807, 2.05) is 25.1 Å². The summed E-state index contributed by atoms with van der Waals surface area (Å²) in [6, 6.07) is 9.16. The average molecular weight is 505 g/mol. The summed E-state index contributed by atoms with van der Waals surface area (Å²) in [5.41, 5.74) is 4.37. The number of likely N-dealkylation sites (N-methyl/N-ethyl adjacent to an activating group) is 1. The fourth-order valence-corrected chi connectivity index (χ4v) is 5.70. The number of benzene rings is 1. The maximum absolute atomic E-state index is 12.8. The van der Waals surface area contributed by atoms with Gasteiger partial charge in [-0.1, -0.05) is 12.1 Å². The Balaban J connectivity index is 1.21. The van der Waals surface area contributed by atoms with Crippen molar-refractivity contribution in [2.75, 3.05) is 18.9 Å². The van der Waals surface area contributed by atoms with E-state index in [1.165, 1.54) is 16.2 Å². The van der Waals surface area contributed by atoms with Gasteiger partial charge in [-0.2, -0.15) is 0 Å². The van der Waals surface area contributed by atoms with Crippen molar-refractivity contribution in [1.82, 2.24) is 25.2 Å². The second-order valence-electron chi connectivity index (χ2n) is 8.43. The highest BCUT2D eigenvalue weighted by Gasteiger charge is 2.20. The monoisotopic (exact) mass is 504 g/mol. The SMILES string of the molecule is Cc1ccncc1-c1ncc(C(=O)NCc2cccc(C(=O)Nc3nc4c(s3)CCN(C)C4)c2)s1. The zero-order chi connectivity index (χ0) is 24.4. The second-order valence-corrected chi connectivity index (χ2v) is 10.5. The van der Waals surface area contributed by atoms with Gasteiger partial charge in [0.2, 0.25) is 0 Å². The number of carbonyl (C=O) groups excluding carboxylic acids is 2. The van der Waals surface area contributed by atoms with Crippen LogP contribution in [0.25, 0.3) is 10.6 Å². The molecule has 0 saturated heterocycles. The van der Waals surface area contributed by atoms with Crippen molar-refractivity contribution in [3.8, 4) is 10.6 Å². The Morgan fingerprint density at radius 2 is 2.03 bits per heavy atom. The van der Waals surface area contributed by atoms with Crippen LogP contribution < -0.4 is 10.6 Å². The summed E-state index contributed by atoms with van der Waals surface area (Å²) in [4.78, 5) is 42.6. The number of amides is 2. The van der Waals surface area contributed by atoms with Gasteiger partial charge < -0.3 is 10.2 Å². The molecule has 0 bridgehead atoms. The van der Waals surface area contributed by atoms with Crippen molar-refractivity contribution >= 4 is 39.6 Å². The second kappa shape index (κ2) is 10.0. The van der Waals surface area contributed by atoms with Gasteiger partial charge >= 0.3 is 0 Å². The Kier molecular flexibility index (Phi) is 6.67. The Morgan fingerprint density at radius 3 is 2.89 bits per heavy atom. The van der Waals surface area contributed by atoms with E-state index in [0.717, 1.165) is 46.9 Å². The molecule has 0 radical (unpaired) electrons. The molecule has 0 spiro atoms. The fraction of sp³-hybridized carbons (Fsp3) is 0.240. The molecule has 0 aliphatic carbocycles. The van der Waals surface area contributed by atoms with E-state index >= 15 is 0 Å². The van der Waals surface area contributed by atoms with Crippen LogP contribution in [0.1, 0.15) is 41.7 Å². The van der Waals surface area contributed by atoms with Crippen LogP contribution in [0.5, 0.6) is 0 Å². The smallest absolute Gasteiger partial charge is 0.263 e. The number of hydrogen-bond donors (Lipinski definition) is 2. The van der Waals surface area contributed by atoms with Gasteiger partial charge in [-0.05, 0) is 49.7 Å². The minimum absolute atomic E-state index is 0.205. The Morgan fingerprint density at radius 1 is 1.14 bits per heavy atom. The number of nitrogens with one attached hydrogen (secondary N) is 2. The van der Waals surface area contributed by atoms with Crippen LogP contribution in [0.3, 0.4) is 0 Å². The predicted molar refractivity (Wildman–Crippen MR) is 138 cm³/mol. The van der Waals surface area contributed by atoms with E-state index < -0.39 is 0 Å². The zero-order valence-electron chi connectivity index (χ0n) is 19.4. The molecule has 178 valence electrons. The highest BCUT2D eigenvalue weighted by Crippen LogP contribution is 2.28. The number of rotatable bonds is 6. The van der Waals surface area contributed by atoms with Gasteiger partial charge in [0.25, 0.3) is 11.8 Å². The van der Waals surface area contributed by atoms with Gasteiger partial charge in [0.05, 0.1) is 11.9 Å². The summed E-state index contributed by atoms with van der Waals surface area (Å²) in [7, 11) is 2.07. The van der Waals surface area contributed by atoms with Crippen LogP contribution in [0.4, 0.5) is 5.13 Å². The number of hydrogen-bond acceptors (Lipinski definition) is 8. The molecular weight excluding hydrogens is 480 g/mol. The first-order valence-corrected chi connectivity index (χ1v) is 12.8. The molecule has 5 rings (SSSR count).